The lowest BCUT2D eigenvalue weighted by Crippen LogP contribution is -2.34. The van der Waals surface area contributed by atoms with Crippen molar-refractivity contribution in [3.63, 3.8) is 0 Å². The fraction of sp³-hybridized carbons (Fsp3) is 0.0833. The summed E-state index contributed by atoms with van der Waals surface area (Å²) in [7, 11) is 0. The fourth-order valence-corrected chi connectivity index (χ4v) is 7.87. The Bertz CT molecular complexity index is 2620. The summed E-state index contributed by atoms with van der Waals surface area (Å²) in [6, 6.07) is 50.4. The first-order chi connectivity index (χ1) is 24.2. The predicted octanol–water partition coefficient (Wildman–Crippen LogP) is 11.2. The molecule has 9 rings (SSSR count). The second-order valence-electron chi connectivity index (χ2n) is 13.1. The van der Waals surface area contributed by atoms with Crippen LogP contribution in [0.1, 0.15) is 47.3 Å². The van der Waals surface area contributed by atoms with Gasteiger partial charge in [-0.1, -0.05) is 158 Å². The highest BCUT2D eigenvalue weighted by molar-refractivity contribution is 6.05. The molecule has 7 aromatic rings. The smallest absolute Gasteiger partial charge is 0.144 e. The van der Waals surface area contributed by atoms with Crippen LogP contribution >= 0.6 is 0 Å². The second-order valence-corrected chi connectivity index (χ2v) is 13.1. The van der Waals surface area contributed by atoms with Gasteiger partial charge in [-0.25, -0.2) is 0 Å². The molecule has 0 N–H and O–H groups in total. The van der Waals surface area contributed by atoms with Crippen molar-refractivity contribution in [2.24, 2.45) is 0 Å². The summed E-state index contributed by atoms with van der Waals surface area (Å²) >= 11 is 0. The van der Waals surface area contributed by atoms with Gasteiger partial charge in [0.25, 0.3) is 0 Å². The Kier molecular flexibility index (Phi) is 7.32. The van der Waals surface area contributed by atoms with Crippen LogP contribution in [0.3, 0.4) is 0 Å². The van der Waals surface area contributed by atoms with Gasteiger partial charge in [0, 0.05) is 16.5 Å². The van der Waals surface area contributed by atoms with Crippen LogP contribution < -0.4 is 10.4 Å². The highest BCUT2D eigenvalue weighted by Gasteiger charge is 2.27. The van der Waals surface area contributed by atoms with E-state index >= 15 is 0 Å². The van der Waals surface area contributed by atoms with Gasteiger partial charge in [0.05, 0.1) is 0 Å². The monoisotopic (exact) mass is 628 g/mol. The fourth-order valence-electron chi connectivity index (χ4n) is 7.87. The lowest BCUT2D eigenvalue weighted by molar-refractivity contribution is 0.600. The largest absolute Gasteiger partial charge is 0.455 e. The average molecular weight is 629 g/mol. The summed E-state index contributed by atoms with van der Waals surface area (Å²) in [5.74, 6) is 0.928. The number of aryl methyl sites for hydroxylation is 1. The van der Waals surface area contributed by atoms with Gasteiger partial charge in [-0.05, 0) is 98.0 Å². The van der Waals surface area contributed by atoms with Crippen molar-refractivity contribution in [2.45, 2.75) is 26.2 Å². The number of allylic oxidation sites excluding steroid dienone is 5. The minimum atomic E-state index is 0.778. The number of hydrogen-bond acceptors (Lipinski definition) is 1. The zero-order valence-electron chi connectivity index (χ0n) is 27.6. The first-order valence-electron chi connectivity index (χ1n) is 17.3. The maximum atomic E-state index is 6.96. The van der Waals surface area contributed by atoms with Crippen molar-refractivity contribution >= 4 is 44.5 Å². The van der Waals surface area contributed by atoms with Gasteiger partial charge in [0.2, 0.25) is 0 Å². The summed E-state index contributed by atoms with van der Waals surface area (Å²) in [6.07, 6.45) is 12.1. The minimum absolute atomic E-state index is 0.778. The van der Waals surface area contributed by atoms with Crippen molar-refractivity contribution in [2.75, 3.05) is 0 Å². The normalized spacial score (nSPS) is 15.2. The van der Waals surface area contributed by atoms with Crippen molar-refractivity contribution in [1.82, 2.24) is 0 Å². The lowest BCUT2D eigenvalue weighted by atomic mass is 9.79. The Morgan fingerprint density at radius 1 is 0.633 bits per heavy atom. The van der Waals surface area contributed by atoms with Crippen molar-refractivity contribution in [3.05, 3.63) is 202 Å². The van der Waals surface area contributed by atoms with E-state index in [1.807, 2.05) is 0 Å². The van der Waals surface area contributed by atoms with Gasteiger partial charge >= 0.3 is 0 Å². The third-order valence-electron chi connectivity index (χ3n) is 10.2. The van der Waals surface area contributed by atoms with Crippen LogP contribution in [0, 0.1) is 6.92 Å². The Hall–Kier alpha value is -5.92. The first kappa shape index (κ1) is 29.2. The topological polar surface area (TPSA) is 13.1 Å². The SMILES string of the molecule is Cc1ccccc1/C=C1\CC(c2ccc3ccccc3c2C2=CC=CCC2)=c2ccccc2=C1c1oc2ccccc2c1-c1ccccc1. The molecule has 0 saturated heterocycles. The molecule has 1 heteroatoms. The Morgan fingerprint density at radius 2 is 1.37 bits per heavy atom. The van der Waals surface area contributed by atoms with Crippen LogP contribution in [0.2, 0.25) is 0 Å². The van der Waals surface area contributed by atoms with Crippen LogP contribution in [0.25, 0.3) is 55.7 Å². The molecule has 2 aliphatic rings. The molecule has 0 radical (unpaired) electrons. The quantitative estimate of drug-likeness (QED) is 0.185. The summed E-state index contributed by atoms with van der Waals surface area (Å²) in [4.78, 5) is 0. The van der Waals surface area contributed by atoms with Crippen LogP contribution in [0.5, 0.6) is 0 Å². The number of hydrogen-bond donors (Lipinski definition) is 0. The number of fused-ring (bicyclic) bond motifs is 3. The Morgan fingerprint density at radius 3 is 2.20 bits per heavy atom. The molecule has 0 spiro atoms. The summed E-state index contributed by atoms with van der Waals surface area (Å²) in [6.45, 7) is 2.20. The van der Waals surface area contributed by atoms with E-state index in [0.29, 0.717) is 0 Å². The standard InChI is InChI=1S/C48H36O/c1-32-16-8-9-22-36(32)30-37-31-43(41-29-28-33-17-10-11-23-38(33)45(41)34-18-4-2-5-19-34)39-24-12-13-25-40(39)47(37)48-46(35-20-6-3-7-21-35)42-26-14-15-27-44(42)49-48/h2-4,6-18,20-30H,5,19,31H2,1H3/b37-30+. The third-order valence-corrected chi connectivity index (χ3v) is 10.2. The van der Waals surface area contributed by atoms with Crippen LogP contribution in [0.4, 0.5) is 0 Å². The average Bonchev–Trinajstić information content (AvgIpc) is 3.55. The molecule has 0 fully saturated rings. The van der Waals surface area contributed by atoms with E-state index in [1.54, 1.807) is 0 Å². The Balaban J connectivity index is 1.43. The van der Waals surface area contributed by atoms with Crippen LogP contribution in [-0.2, 0) is 0 Å². The molecule has 0 unspecified atom stereocenters. The molecule has 2 aliphatic carbocycles. The molecule has 0 aliphatic heterocycles. The predicted molar refractivity (Wildman–Crippen MR) is 206 cm³/mol. The van der Waals surface area contributed by atoms with Gasteiger partial charge < -0.3 is 4.42 Å². The van der Waals surface area contributed by atoms with Crippen molar-refractivity contribution < 1.29 is 4.42 Å². The molecular formula is C48H36O. The highest BCUT2D eigenvalue weighted by atomic mass is 16.3. The van der Waals surface area contributed by atoms with E-state index in [9.17, 15) is 0 Å². The third kappa shape index (κ3) is 5.10. The summed E-state index contributed by atoms with van der Waals surface area (Å²) in [5, 5.41) is 6.19. The van der Waals surface area contributed by atoms with Gasteiger partial charge in [-0.15, -0.1) is 0 Å². The number of rotatable bonds is 5. The van der Waals surface area contributed by atoms with Crippen molar-refractivity contribution in [3.8, 4) is 11.1 Å². The Labute approximate surface area is 287 Å². The molecule has 49 heavy (non-hydrogen) atoms. The second kappa shape index (κ2) is 12.3. The molecule has 1 heterocycles. The van der Waals surface area contributed by atoms with E-state index < -0.39 is 0 Å². The van der Waals surface area contributed by atoms with E-state index in [0.717, 1.165) is 47.1 Å². The molecule has 6 aromatic carbocycles. The first-order valence-corrected chi connectivity index (χ1v) is 17.3. The molecular weight excluding hydrogens is 593 g/mol. The molecule has 0 amide bonds. The molecule has 0 atom stereocenters. The molecule has 0 saturated carbocycles. The van der Waals surface area contributed by atoms with Gasteiger partial charge in [0.15, 0.2) is 0 Å². The molecule has 0 bridgehead atoms. The number of benzene rings is 6. The molecule has 234 valence electrons. The molecule has 1 nitrogen and oxygen atoms in total. The van der Waals surface area contributed by atoms with Crippen LogP contribution in [0.15, 0.2) is 168 Å². The van der Waals surface area contributed by atoms with Gasteiger partial charge in [-0.2, -0.15) is 0 Å². The lowest BCUT2D eigenvalue weighted by Gasteiger charge is -2.24. The van der Waals surface area contributed by atoms with E-state index in [1.165, 1.54) is 65.8 Å². The maximum Gasteiger partial charge on any atom is 0.144 e. The zero-order valence-corrected chi connectivity index (χ0v) is 27.6. The van der Waals surface area contributed by atoms with E-state index in [4.69, 9.17) is 4.42 Å². The zero-order chi connectivity index (χ0) is 32.7. The van der Waals surface area contributed by atoms with E-state index in [2.05, 4.69) is 171 Å². The minimum Gasteiger partial charge on any atom is -0.455 e. The van der Waals surface area contributed by atoms with Crippen molar-refractivity contribution in [1.29, 1.82) is 0 Å². The summed E-state index contributed by atoms with van der Waals surface area (Å²) < 4.78 is 6.96. The summed E-state index contributed by atoms with van der Waals surface area (Å²) in [5.41, 5.74) is 13.6. The molecule has 1 aromatic heterocycles. The number of furan rings is 1. The van der Waals surface area contributed by atoms with E-state index in [-0.39, 0.29) is 0 Å². The van der Waals surface area contributed by atoms with Crippen LogP contribution in [-0.4, -0.2) is 0 Å². The highest BCUT2D eigenvalue weighted by Crippen LogP contribution is 2.44. The van der Waals surface area contributed by atoms with Gasteiger partial charge in [0.1, 0.15) is 11.3 Å². The maximum absolute atomic E-state index is 6.96. The number of para-hydroxylation sites is 1. The van der Waals surface area contributed by atoms with Gasteiger partial charge in [-0.3, -0.25) is 0 Å².